The van der Waals surface area contributed by atoms with E-state index in [9.17, 15) is 0 Å². The molecule has 0 aromatic carbocycles. The second-order valence-corrected chi connectivity index (χ2v) is 6.10. The standard InChI is InChI=1S/C15H25/c1-11(2)14-6-5-13(4)15(14)9-7-12(3)8-10-15/h7,13-14H,5-6,8-10H2,1-4H3/q+1/t13-,14-,15-/m1/s1. The first-order chi connectivity index (χ1) is 7.06. The second kappa shape index (κ2) is 3.88. The van der Waals surface area contributed by atoms with Crippen molar-refractivity contribution in [2.45, 2.75) is 59.8 Å². The van der Waals surface area contributed by atoms with E-state index < -0.39 is 0 Å². The summed E-state index contributed by atoms with van der Waals surface area (Å²) < 4.78 is 0. The van der Waals surface area contributed by atoms with Gasteiger partial charge in [0.05, 0.1) is 19.8 Å². The van der Waals surface area contributed by atoms with Crippen LogP contribution in [0.25, 0.3) is 0 Å². The van der Waals surface area contributed by atoms with Crippen molar-refractivity contribution in [3.05, 3.63) is 17.6 Å². The van der Waals surface area contributed by atoms with Gasteiger partial charge in [-0.15, -0.1) is 0 Å². The van der Waals surface area contributed by atoms with E-state index in [1.807, 2.05) is 0 Å². The Balaban J connectivity index is 2.23. The molecule has 0 aromatic heterocycles. The maximum absolute atomic E-state index is 2.52. The third kappa shape index (κ3) is 1.73. The van der Waals surface area contributed by atoms with Crippen LogP contribution in [0, 0.1) is 23.2 Å². The average molecular weight is 205 g/mol. The molecule has 0 bridgehead atoms. The topological polar surface area (TPSA) is 0 Å². The molecule has 1 fully saturated rings. The van der Waals surface area contributed by atoms with E-state index in [1.165, 1.54) is 32.1 Å². The molecule has 0 heteroatoms. The SMILES string of the molecule is CC1=CC[C@@]2(CC1)[C@H](C)CC[C@@H]2[C+](C)C. The van der Waals surface area contributed by atoms with Gasteiger partial charge >= 0.3 is 0 Å². The van der Waals surface area contributed by atoms with E-state index in [0.29, 0.717) is 5.41 Å². The highest BCUT2D eigenvalue weighted by Crippen LogP contribution is 2.58. The van der Waals surface area contributed by atoms with Gasteiger partial charge < -0.3 is 0 Å². The van der Waals surface area contributed by atoms with Crippen LogP contribution in [-0.2, 0) is 0 Å². The summed E-state index contributed by atoms with van der Waals surface area (Å²) in [7, 11) is 0. The zero-order chi connectivity index (χ0) is 11.1. The Morgan fingerprint density at radius 3 is 2.60 bits per heavy atom. The summed E-state index contributed by atoms with van der Waals surface area (Å²) >= 11 is 0. The van der Waals surface area contributed by atoms with Gasteiger partial charge in [0.1, 0.15) is 5.92 Å². The van der Waals surface area contributed by atoms with Gasteiger partial charge in [-0.05, 0) is 44.9 Å². The smallest absolute Gasteiger partial charge is 0.0849 e. The zero-order valence-electron chi connectivity index (χ0n) is 10.8. The molecule has 0 aromatic rings. The minimum atomic E-state index is 0.637. The monoisotopic (exact) mass is 205 g/mol. The molecule has 3 atom stereocenters. The van der Waals surface area contributed by atoms with Gasteiger partial charge in [-0.2, -0.15) is 0 Å². The lowest BCUT2D eigenvalue weighted by Crippen LogP contribution is -2.34. The van der Waals surface area contributed by atoms with Crippen LogP contribution in [0.2, 0.25) is 0 Å². The summed E-state index contributed by atoms with van der Waals surface area (Å²) in [6, 6.07) is 0. The summed E-state index contributed by atoms with van der Waals surface area (Å²) in [4.78, 5) is 0. The van der Waals surface area contributed by atoms with Crippen molar-refractivity contribution in [1.82, 2.24) is 0 Å². The minimum Gasteiger partial charge on any atom is -0.0849 e. The van der Waals surface area contributed by atoms with E-state index in [0.717, 1.165) is 11.8 Å². The molecule has 0 heterocycles. The van der Waals surface area contributed by atoms with Crippen LogP contribution < -0.4 is 0 Å². The molecule has 2 rings (SSSR count). The van der Waals surface area contributed by atoms with Crippen molar-refractivity contribution in [3.8, 4) is 0 Å². The number of allylic oxidation sites excluding steroid dienone is 2. The van der Waals surface area contributed by atoms with Gasteiger partial charge in [-0.3, -0.25) is 0 Å². The van der Waals surface area contributed by atoms with Crippen LogP contribution in [0.15, 0.2) is 11.6 Å². The fraction of sp³-hybridized carbons (Fsp3) is 0.800. The fourth-order valence-electron chi connectivity index (χ4n) is 3.96. The Morgan fingerprint density at radius 2 is 2.07 bits per heavy atom. The first kappa shape index (κ1) is 11.1. The van der Waals surface area contributed by atoms with Crippen LogP contribution in [0.5, 0.6) is 0 Å². The van der Waals surface area contributed by atoms with Crippen LogP contribution in [-0.4, -0.2) is 0 Å². The quantitative estimate of drug-likeness (QED) is 0.427. The first-order valence-electron chi connectivity index (χ1n) is 6.52. The molecule has 0 amide bonds. The molecule has 1 spiro atoms. The highest BCUT2D eigenvalue weighted by molar-refractivity contribution is 5.15. The average Bonchev–Trinajstić information content (AvgIpc) is 2.50. The summed E-state index contributed by atoms with van der Waals surface area (Å²) in [5, 5.41) is 0. The molecular formula is C15H25+. The number of hydrogen-bond donors (Lipinski definition) is 0. The Labute approximate surface area is 95.1 Å². The van der Waals surface area contributed by atoms with Crippen molar-refractivity contribution < 1.29 is 0 Å². The van der Waals surface area contributed by atoms with Crippen molar-refractivity contribution >= 4 is 0 Å². The zero-order valence-corrected chi connectivity index (χ0v) is 10.8. The molecule has 0 unspecified atom stereocenters. The summed E-state index contributed by atoms with van der Waals surface area (Å²) in [6.07, 6.45) is 9.52. The minimum absolute atomic E-state index is 0.637. The van der Waals surface area contributed by atoms with E-state index in [4.69, 9.17) is 0 Å². The largest absolute Gasteiger partial charge is 0.106 e. The molecule has 1 saturated carbocycles. The van der Waals surface area contributed by atoms with Crippen LogP contribution in [0.3, 0.4) is 0 Å². The Hall–Kier alpha value is -0.390. The first-order valence-corrected chi connectivity index (χ1v) is 6.52. The predicted octanol–water partition coefficient (Wildman–Crippen LogP) is 4.76. The van der Waals surface area contributed by atoms with Gasteiger partial charge in [-0.25, -0.2) is 0 Å². The van der Waals surface area contributed by atoms with Gasteiger partial charge in [0.25, 0.3) is 0 Å². The lowest BCUT2D eigenvalue weighted by Gasteiger charge is -2.39. The molecule has 2 aliphatic carbocycles. The normalized spacial score (nSPS) is 40.7. The molecular weight excluding hydrogens is 180 g/mol. The molecule has 84 valence electrons. The van der Waals surface area contributed by atoms with Crippen LogP contribution >= 0.6 is 0 Å². The molecule has 15 heavy (non-hydrogen) atoms. The van der Waals surface area contributed by atoms with E-state index in [2.05, 4.69) is 33.8 Å². The summed E-state index contributed by atoms with van der Waals surface area (Å²) in [5.74, 6) is 3.51. The lowest BCUT2D eigenvalue weighted by atomic mass is 9.62. The van der Waals surface area contributed by atoms with Crippen molar-refractivity contribution in [1.29, 1.82) is 0 Å². The molecule has 2 aliphatic rings. The summed E-state index contributed by atoms with van der Waals surface area (Å²) in [6.45, 7) is 9.46. The van der Waals surface area contributed by atoms with Gasteiger partial charge in [0.2, 0.25) is 0 Å². The Kier molecular flexibility index (Phi) is 2.87. The highest BCUT2D eigenvalue weighted by Gasteiger charge is 2.53. The van der Waals surface area contributed by atoms with Crippen molar-refractivity contribution in [3.63, 3.8) is 0 Å². The molecule has 0 nitrogen and oxygen atoms in total. The Morgan fingerprint density at radius 1 is 1.33 bits per heavy atom. The maximum Gasteiger partial charge on any atom is 0.106 e. The molecule has 0 N–H and O–H groups in total. The third-order valence-electron chi connectivity index (χ3n) is 5.08. The van der Waals surface area contributed by atoms with E-state index in [1.54, 1.807) is 11.5 Å². The van der Waals surface area contributed by atoms with Crippen molar-refractivity contribution in [2.24, 2.45) is 17.3 Å². The Bertz CT molecular complexity index is 261. The predicted molar refractivity (Wildman–Crippen MR) is 66.5 cm³/mol. The van der Waals surface area contributed by atoms with Crippen LogP contribution in [0.4, 0.5) is 0 Å². The van der Waals surface area contributed by atoms with Crippen LogP contribution in [0.1, 0.15) is 59.8 Å². The fourth-order valence-corrected chi connectivity index (χ4v) is 3.96. The maximum atomic E-state index is 2.52. The third-order valence-corrected chi connectivity index (χ3v) is 5.08. The molecule has 0 radical (unpaired) electrons. The second-order valence-electron chi connectivity index (χ2n) is 6.10. The molecule has 0 aliphatic heterocycles. The highest BCUT2D eigenvalue weighted by atomic mass is 14.5. The molecule has 0 saturated heterocycles. The lowest BCUT2D eigenvalue weighted by molar-refractivity contribution is 0.130. The number of hydrogen-bond acceptors (Lipinski definition) is 0. The van der Waals surface area contributed by atoms with Crippen molar-refractivity contribution in [2.75, 3.05) is 0 Å². The van der Waals surface area contributed by atoms with Gasteiger partial charge in [0, 0.05) is 5.41 Å². The van der Waals surface area contributed by atoms with E-state index >= 15 is 0 Å². The van der Waals surface area contributed by atoms with Gasteiger partial charge in [-0.1, -0.05) is 18.6 Å². The summed E-state index contributed by atoms with van der Waals surface area (Å²) in [5.41, 5.74) is 2.26. The van der Waals surface area contributed by atoms with Gasteiger partial charge in [0.15, 0.2) is 0 Å². The number of rotatable bonds is 1. The van der Waals surface area contributed by atoms with E-state index in [-0.39, 0.29) is 0 Å².